The van der Waals surface area contributed by atoms with E-state index in [4.69, 9.17) is 9.40 Å². The first-order valence-corrected chi connectivity index (χ1v) is 8.25. The van der Waals surface area contributed by atoms with Crippen LogP contribution >= 0.6 is 0 Å². The molecule has 0 radical (unpaired) electrons. The molecule has 0 spiro atoms. The molecule has 2 nitrogen and oxygen atoms in total. The minimum absolute atomic E-state index is 0.112. The summed E-state index contributed by atoms with van der Waals surface area (Å²) in [4.78, 5) is 4.78. The molecule has 24 heavy (non-hydrogen) atoms. The zero-order chi connectivity index (χ0) is 16.4. The van der Waals surface area contributed by atoms with Crippen molar-refractivity contribution in [3.63, 3.8) is 0 Å². The van der Waals surface area contributed by atoms with E-state index in [1.165, 1.54) is 16.7 Å². The molecular weight excluding hydrogens is 294 g/mol. The smallest absolute Gasteiger partial charge is 0.203 e. The number of rotatable bonds is 4. The second kappa shape index (κ2) is 6.32. The van der Waals surface area contributed by atoms with E-state index in [2.05, 4.69) is 67.6 Å². The maximum absolute atomic E-state index is 6.10. The number of hydrogen-bond donors (Lipinski definition) is 0. The highest BCUT2D eigenvalue weighted by Crippen LogP contribution is 2.30. The highest BCUT2D eigenvalue weighted by atomic mass is 16.3. The third-order valence-electron chi connectivity index (χ3n) is 4.34. The molecule has 3 aromatic carbocycles. The van der Waals surface area contributed by atoms with Crippen molar-refractivity contribution in [2.45, 2.75) is 19.3 Å². The van der Waals surface area contributed by atoms with Gasteiger partial charge in [-0.1, -0.05) is 66.7 Å². The molecule has 0 aliphatic heterocycles. The number of hydrogen-bond acceptors (Lipinski definition) is 2. The molecule has 1 aromatic heterocycles. The van der Waals surface area contributed by atoms with Crippen LogP contribution in [-0.2, 0) is 6.42 Å². The number of benzene rings is 3. The highest BCUT2D eigenvalue weighted by Gasteiger charge is 2.21. The minimum Gasteiger partial charge on any atom is -0.440 e. The van der Waals surface area contributed by atoms with E-state index >= 15 is 0 Å². The number of aryl methyl sites for hydroxylation is 1. The molecule has 0 aliphatic carbocycles. The second-order valence-corrected chi connectivity index (χ2v) is 6.18. The van der Waals surface area contributed by atoms with Gasteiger partial charge in [0.05, 0.1) is 5.92 Å². The minimum atomic E-state index is 0.112. The summed E-state index contributed by atoms with van der Waals surface area (Å²) in [5.74, 6) is 0.895. The summed E-state index contributed by atoms with van der Waals surface area (Å²) in [5, 5.41) is 0. The van der Waals surface area contributed by atoms with Crippen LogP contribution in [0.4, 0.5) is 0 Å². The Morgan fingerprint density at radius 1 is 0.875 bits per heavy atom. The molecule has 0 N–H and O–H groups in total. The standard InChI is InChI=1S/C22H19NO/c1-16-12-13-21-20(14-16)23-22(24-21)19(18-10-6-3-7-11-18)15-17-8-4-2-5-9-17/h2-14,19H,15H2,1H3. The quantitative estimate of drug-likeness (QED) is 0.496. The maximum Gasteiger partial charge on any atom is 0.203 e. The number of nitrogens with zero attached hydrogens (tertiary/aromatic N) is 1. The van der Waals surface area contributed by atoms with Gasteiger partial charge in [0.1, 0.15) is 5.52 Å². The predicted octanol–water partition coefficient (Wildman–Crippen LogP) is 5.51. The van der Waals surface area contributed by atoms with E-state index < -0.39 is 0 Å². The predicted molar refractivity (Wildman–Crippen MR) is 97.2 cm³/mol. The molecule has 0 fully saturated rings. The molecule has 4 aromatic rings. The van der Waals surface area contributed by atoms with Crippen LogP contribution in [0.25, 0.3) is 11.1 Å². The van der Waals surface area contributed by atoms with E-state index in [0.717, 1.165) is 23.4 Å². The summed E-state index contributed by atoms with van der Waals surface area (Å²) in [6, 6.07) is 27.1. The Hall–Kier alpha value is -2.87. The lowest BCUT2D eigenvalue weighted by molar-refractivity contribution is 0.497. The van der Waals surface area contributed by atoms with Crippen LogP contribution in [0.5, 0.6) is 0 Å². The van der Waals surface area contributed by atoms with Crippen molar-refractivity contribution in [2.75, 3.05) is 0 Å². The normalized spacial score (nSPS) is 12.4. The Bertz CT molecular complexity index is 942. The third kappa shape index (κ3) is 2.95. The first-order chi connectivity index (χ1) is 11.8. The van der Waals surface area contributed by atoms with Crippen molar-refractivity contribution in [3.8, 4) is 0 Å². The average Bonchev–Trinajstić information content (AvgIpc) is 3.04. The lowest BCUT2D eigenvalue weighted by atomic mass is 9.92. The molecular formula is C22H19NO. The van der Waals surface area contributed by atoms with Crippen LogP contribution in [0.15, 0.2) is 83.3 Å². The summed E-state index contributed by atoms with van der Waals surface area (Å²) < 4.78 is 6.10. The van der Waals surface area contributed by atoms with Gasteiger partial charge in [0, 0.05) is 0 Å². The van der Waals surface area contributed by atoms with Crippen LogP contribution < -0.4 is 0 Å². The van der Waals surface area contributed by atoms with Crippen molar-refractivity contribution in [2.24, 2.45) is 0 Å². The Morgan fingerprint density at radius 2 is 1.58 bits per heavy atom. The van der Waals surface area contributed by atoms with E-state index in [1.54, 1.807) is 0 Å². The van der Waals surface area contributed by atoms with Crippen molar-refractivity contribution in [1.29, 1.82) is 0 Å². The van der Waals surface area contributed by atoms with Crippen LogP contribution in [0.2, 0.25) is 0 Å². The zero-order valence-corrected chi connectivity index (χ0v) is 13.6. The molecule has 0 saturated carbocycles. The Kier molecular flexibility index (Phi) is 3.87. The molecule has 4 rings (SSSR count). The van der Waals surface area contributed by atoms with E-state index in [-0.39, 0.29) is 5.92 Å². The zero-order valence-electron chi connectivity index (χ0n) is 13.6. The largest absolute Gasteiger partial charge is 0.440 e. The van der Waals surface area contributed by atoms with Gasteiger partial charge in [0.25, 0.3) is 0 Å². The van der Waals surface area contributed by atoms with Crippen molar-refractivity contribution in [1.82, 2.24) is 4.98 Å². The summed E-state index contributed by atoms with van der Waals surface area (Å²) >= 11 is 0. The van der Waals surface area contributed by atoms with Crippen molar-refractivity contribution in [3.05, 3.63) is 101 Å². The monoisotopic (exact) mass is 313 g/mol. The molecule has 1 heterocycles. The van der Waals surface area contributed by atoms with Crippen LogP contribution in [0.3, 0.4) is 0 Å². The van der Waals surface area contributed by atoms with Crippen LogP contribution in [0, 0.1) is 6.92 Å². The number of fused-ring (bicyclic) bond motifs is 1. The van der Waals surface area contributed by atoms with Crippen molar-refractivity contribution < 1.29 is 4.42 Å². The molecule has 2 heteroatoms. The van der Waals surface area contributed by atoms with E-state index in [0.29, 0.717) is 0 Å². The van der Waals surface area contributed by atoms with Gasteiger partial charge >= 0.3 is 0 Å². The maximum atomic E-state index is 6.10. The fourth-order valence-corrected chi connectivity index (χ4v) is 3.09. The summed E-state index contributed by atoms with van der Waals surface area (Å²) in [7, 11) is 0. The first kappa shape index (κ1) is 14.7. The van der Waals surface area contributed by atoms with Gasteiger partial charge in [0.15, 0.2) is 5.58 Å². The van der Waals surface area contributed by atoms with Crippen LogP contribution in [0.1, 0.15) is 28.5 Å². The topological polar surface area (TPSA) is 26.0 Å². The summed E-state index contributed by atoms with van der Waals surface area (Å²) in [5.41, 5.74) is 5.49. The lowest BCUT2D eigenvalue weighted by Gasteiger charge is -2.14. The Morgan fingerprint density at radius 3 is 2.33 bits per heavy atom. The van der Waals surface area contributed by atoms with Gasteiger partial charge in [-0.2, -0.15) is 0 Å². The fourth-order valence-electron chi connectivity index (χ4n) is 3.09. The Balaban J connectivity index is 1.78. The molecule has 0 amide bonds. The van der Waals surface area contributed by atoms with Gasteiger partial charge < -0.3 is 4.42 Å². The summed E-state index contributed by atoms with van der Waals surface area (Å²) in [6.45, 7) is 2.08. The Labute approximate surface area is 141 Å². The number of oxazole rings is 1. The third-order valence-corrected chi connectivity index (χ3v) is 4.34. The van der Waals surface area contributed by atoms with Crippen LogP contribution in [-0.4, -0.2) is 4.98 Å². The molecule has 1 atom stereocenters. The molecule has 118 valence electrons. The van der Waals surface area contributed by atoms with E-state index in [1.807, 2.05) is 18.2 Å². The van der Waals surface area contributed by atoms with E-state index in [9.17, 15) is 0 Å². The average molecular weight is 313 g/mol. The van der Waals surface area contributed by atoms with Gasteiger partial charge in [-0.05, 0) is 42.2 Å². The SMILES string of the molecule is Cc1ccc2oc(C(Cc3ccccc3)c3ccccc3)nc2c1. The molecule has 0 aliphatic rings. The molecule has 1 unspecified atom stereocenters. The fraction of sp³-hybridized carbons (Fsp3) is 0.136. The second-order valence-electron chi connectivity index (χ2n) is 6.18. The molecule has 0 saturated heterocycles. The van der Waals surface area contributed by atoms with Gasteiger partial charge in [0.2, 0.25) is 5.89 Å². The number of aromatic nitrogens is 1. The van der Waals surface area contributed by atoms with Crippen molar-refractivity contribution >= 4 is 11.1 Å². The first-order valence-electron chi connectivity index (χ1n) is 8.25. The highest BCUT2D eigenvalue weighted by molar-refractivity contribution is 5.73. The van der Waals surface area contributed by atoms with Gasteiger partial charge in [-0.15, -0.1) is 0 Å². The molecule has 0 bridgehead atoms. The van der Waals surface area contributed by atoms with Gasteiger partial charge in [-0.25, -0.2) is 4.98 Å². The van der Waals surface area contributed by atoms with Gasteiger partial charge in [-0.3, -0.25) is 0 Å². The summed E-state index contributed by atoms with van der Waals surface area (Å²) in [6.07, 6.45) is 0.872. The lowest BCUT2D eigenvalue weighted by Crippen LogP contribution is -2.05.